The number of sulfone groups is 1. The molecule has 1 unspecified atom stereocenters. The van der Waals surface area contributed by atoms with Crippen LogP contribution in [0.3, 0.4) is 0 Å². The van der Waals surface area contributed by atoms with Crippen molar-refractivity contribution < 1.29 is 17.6 Å². The van der Waals surface area contributed by atoms with Gasteiger partial charge in [-0.1, -0.05) is 23.4 Å². The van der Waals surface area contributed by atoms with E-state index in [0.29, 0.717) is 23.6 Å². The molecule has 168 valence electrons. The van der Waals surface area contributed by atoms with Gasteiger partial charge in [-0.2, -0.15) is 0 Å². The van der Waals surface area contributed by atoms with Gasteiger partial charge in [0.05, 0.1) is 21.0 Å². The molecule has 1 aliphatic heterocycles. The molecule has 2 aromatic rings. The first-order valence-corrected chi connectivity index (χ1v) is 13.7. The Kier molecular flexibility index (Phi) is 4.22. The van der Waals surface area contributed by atoms with Crippen molar-refractivity contribution >= 4 is 44.0 Å². The number of thioether (sulfide) groups is 1. The van der Waals surface area contributed by atoms with E-state index >= 15 is 0 Å². The quantitative estimate of drug-likeness (QED) is 0.635. The van der Waals surface area contributed by atoms with Gasteiger partial charge in [-0.15, -0.1) is 0 Å². The second kappa shape index (κ2) is 6.55. The number of carbonyl (C=O) groups is 1. The SMILES string of the molecule is CS(=O)(=O)C1(c2ccc(C(=O)NC34CC(C5NC=C(c6ccc(Cl)cn6)S5)(C3)C4)o2)CC1. The fraction of sp³-hybridized carbons (Fsp3) is 0.455. The van der Waals surface area contributed by atoms with E-state index in [2.05, 4.69) is 15.6 Å². The van der Waals surface area contributed by atoms with Crippen LogP contribution in [0.1, 0.15) is 54.1 Å². The van der Waals surface area contributed by atoms with E-state index in [1.807, 2.05) is 18.3 Å². The number of pyridine rings is 1. The fourth-order valence-electron chi connectivity index (χ4n) is 5.50. The smallest absolute Gasteiger partial charge is 0.287 e. The molecule has 1 amide bonds. The molecule has 4 saturated carbocycles. The first-order chi connectivity index (χ1) is 15.1. The number of amides is 1. The summed E-state index contributed by atoms with van der Waals surface area (Å²) < 4.78 is 28.9. The minimum atomic E-state index is -3.27. The lowest BCUT2D eigenvalue weighted by molar-refractivity contribution is -0.150. The Hall–Kier alpha value is -1.97. The third-order valence-electron chi connectivity index (χ3n) is 7.29. The molecule has 4 fully saturated rings. The second-order valence-corrected chi connectivity index (χ2v) is 13.5. The standard InChI is InChI=1S/C22H22ClN3O4S2/c1-32(28,29)22(6-7-22)17-5-4-15(30-17)18(27)26-21-10-20(11-21,12-21)19-25-9-16(31-19)14-3-2-13(23)8-24-14/h2-5,8-9,19,25H,6-7,10-12H2,1H3,(H,26,27). The van der Waals surface area contributed by atoms with Crippen molar-refractivity contribution in [3.63, 3.8) is 0 Å². The number of nitrogens with one attached hydrogen (secondary N) is 2. The summed E-state index contributed by atoms with van der Waals surface area (Å²) in [5, 5.41) is 7.49. The van der Waals surface area contributed by atoms with Crippen LogP contribution in [0.5, 0.6) is 0 Å². The van der Waals surface area contributed by atoms with Gasteiger partial charge in [0.2, 0.25) is 0 Å². The zero-order valence-electron chi connectivity index (χ0n) is 17.4. The molecule has 7 nitrogen and oxygen atoms in total. The highest BCUT2D eigenvalue weighted by Gasteiger charge is 2.72. The Balaban J connectivity index is 1.07. The van der Waals surface area contributed by atoms with Crippen LogP contribution in [-0.2, 0) is 14.6 Å². The topological polar surface area (TPSA) is 101 Å². The number of rotatable bonds is 6. The predicted octanol–water partition coefficient (Wildman–Crippen LogP) is 3.68. The van der Waals surface area contributed by atoms with Gasteiger partial charge in [-0.25, -0.2) is 8.42 Å². The Bertz CT molecular complexity index is 1240. The number of halogens is 1. The van der Waals surface area contributed by atoms with Gasteiger partial charge in [0.25, 0.3) is 5.91 Å². The summed E-state index contributed by atoms with van der Waals surface area (Å²) in [6.07, 6.45) is 8.70. The number of carbonyl (C=O) groups excluding carboxylic acids is 1. The van der Waals surface area contributed by atoms with Crippen LogP contribution in [-0.4, -0.2) is 36.5 Å². The van der Waals surface area contributed by atoms with Gasteiger partial charge in [0.15, 0.2) is 15.6 Å². The highest BCUT2D eigenvalue weighted by molar-refractivity contribution is 8.09. The largest absolute Gasteiger partial charge is 0.454 e. The molecule has 4 aliphatic carbocycles. The zero-order chi connectivity index (χ0) is 22.4. The molecular formula is C22H22ClN3O4S2. The molecule has 2 N–H and O–H groups in total. The summed E-state index contributed by atoms with van der Waals surface area (Å²) in [4.78, 5) is 18.3. The average molecular weight is 492 g/mol. The Labute approximate surface area is 195 Å². The molecule has 7 rings (SSSR count). The van der Waals surface area contributed by atoms with Gasteiger partial charge >= 0.3 is 0 Å². The minimum Gasteiger partial charge on any atom is -0.454 e. The van der Waals surface area contributed by atoms with E-state index in [1.54, 1.807) is 30.1 Å². The number of aromatic nitrogens is 1. The van der Waals surface area contributed by atoms with Crippen LogP contribution in [0.25, 0.3) is 4.91 Å². The van der Waals surface area contributed by atoms with Crippen molar-refractivity contribution in [2.45, 2.75) is 47.8 Å². The molecule has 5 aliphatic rings. The van der Waals surface area contributed by atoms with E-state index in [1.165, 1.54) is 6.26 Å². The van der Waals surface area contributed by atoms with Crippen molar-refractivity contribution in [2.24, 2.45) is 5.41 Å². The molecule has 0 spiro atoms. The van der Waals surface area contributed by atoms with E-state index in [0.717, 1.165) is 29.9 Å². The summed E-state index contributed by atoms with van der Waals surface area (Å²) in [6, 6.07) is 6.97. The number of hydrogen-bond acceptors (Lipinski definition) is 7. The second-order valence-electron chi connectivity index (χ2n) is 9.59. The number of hydrogen-bond donors (Lipinski definition) is 2. The average Bonchev–Trinajstić information content (AvgIpc) is 3.14. The summed E-state index contributed by atoms with van der Waals surface area (Å²) in [5.41, 5.74) is 0.868. The molecule has 32 heavy (non-hydrogen) atoms. The van der Waals surface area contributed by atoms with Crippen LogP contribution in [0.2, 0.25) is 5.02 Å². The monoisotopic (exact) mass is 491 g/mol. The van der Waals surface area contributed by atoms with Gasteiger partial charge in [0, 0.05) is 29.6 Å². The van der Waals surface area contributed by atoms with E-state index in [9.17, 15) is 13.2 Å². The third-order valence-corrected chi connectivity index (χ3v) is 11.0. The van der Waals surface area contributed by atoms with E-state index in [-0.39, 0.29) is 28.0 Å². The predicted molar refractivity (Wildman–Crippen MR) is 123 cm³/mol. The molecule has 0 saturated heterocycles. The van der Waals surface area contributed by atoms with Crippen molar-refractivity contribution in [3.05, 3.63) is 58.9 Å². The molecule has 2 bridgehead atoms. The van der Waals surface area contributed by atoms with Gasteiger partial charge in [-0.3, -0.25) is 9.78 Å². The minimum absolute atomic E-state index is 0.158. The van der Waals surface area contributed by atoms with Crippen LogP contribution in [0.4, 0.5) is 0 Å². The lowest BCUT2D eigenvalue weighted by atomic mass is 9.39. The first kappa shape index (κ1) is 20.6. The van der Waals surface area contributed by atoms with Crippen LogP contribution < -0.4 is 10.6 Å². The normalized spacial score (nSPS) is 31.7. The lowest BCUT2D eigenvalue weighted by Gasteiger charge is -2.72. The van der Waals surface area contributed by atoms with Gasteiger partial charge in [0.1, 0.15) is 10.5 Å². The summed E-state index contributed by atoms with van der Waals surface area (Å²) in [6.45, 7) is 0. The highest BCUT2D eigenvalue weighted by Crippen LogP contribution is 2.71. The van der Waals surface area contributed by atoms with Crippen LogP contribution in [0.15, 0.2) is 41.1 Å². The van der Waals surface area contributed by atoms with Crippen molar-refractivity contribution in [3.8, 4) is 0 Å². The molecule has 1 atom stereocenters. The number of furan rings is 1. The molecule has 0 radical (unpaired) electrons. The van der Waals surface area contributed by atoms with Crippen molar-refractivity contribution in [1.82, 2.24) is 15.6 Å². The fourth-order valence-corrected chi connectivity index (χ4v) is 8.20. The van der Waals surface area contributed by atoms with Crippen molar-refractivity contribution in [1.29, 1.82) is 0 Å². The molecular weight excluding hydrogens is 470 g/mol. The summed E-state index contributed by atoms with van der Waals surface area (Å²) >= 11 is 7.71. The van der Waals surface area contributed by atoms with E-state index < -0.39 is 14.6 Å². The molecule has 2 aromatic heterocycles. The van der Waals surface area contributed by atoms with Crippen LogP contribution >= 0.6 is 23.4 Å². The molecule has 10 heteroatoms. The van der Waals surface area contributed by atoms with Gasteiger partial charge in [-0.05, 0) is 56.4 Å². The van der Waals surface area contributed by atoms with Gasteiger partial charge < -0.3 is 15.1 Å². The summed E-state index contributed by atoms with van der Waals surface area (Å²) in [5.74, 6) is 0.282. The maximum atomic E-state index is 12.8. The Morgan fingerprint density at radius 3 is 2.62 bits per heavy atom. The summed E-state index contributed by atoms with van der Waals surface area (Å²) in [7, 11) is -3.27. The lowest BCUT2D eigenvalue weighted by Crippen LogP contribution is -2.78. The van der Waals surface area contributed by atoms with E-state index in [4.69, 9.17) is 16.0 Å². The van der Waals surface area contributed by atoms with Crippen molar-refractivity contribution in [2.75, 3.05) is 6.26 Å². The first-order valence-electron chi connectivity index (χ1n) is 10.5. The molecule has 3 heterocycles. The Morgan fingerprint density at radius 2 is 2.00 bits per heavy atom. The number of nitrogens with zero attached hydrogens (tertiary/aromatic N) is 1. The zero-order valence-corrected chi connectivity index (χ0v) is 19.7. The maximum Gasteiger partial charge on any atom is 0.287 e. The maximum absolute atomic E-state index is 12.8. The Morgan fingerprint density at radius 1 is 1.25 bits per heavy atom. The van der Waals surface area contributed by atoms with Crippen LogP contribution in [0, 0.1) is 5.41 Å². The molecule has 0 aromatic carbocycles. The third kappa shape index (κ3) is 2.97. The highest BCUT2D eigenvalue weighted by atomic mass is 35.5.